The molecule has 0 bridgehead atoms. The van der Waals surface area contributed by atoms with Crippen LogP contribution >= 0.6 is 0 Å². The zero-order valence-electron chi connectivity index (χ0n) is 14.5. The molecule has 4 nitrogen and oxygen atoms in total. The number of carbonyl (C=O) groups is 2. The highest BCUT2D eigenvalue weighted by Crippen LogP contribution is 2.21. The van der Waals surface area contributed by atoms with Gasteiger partial charge in [0.1, 0.15) is 0 Å². The average molecular weight is 324 g/mol. The molecule has 0 aliphatic rings. The van der Waals surface area contributed by atoms with Gasteiger partial charge >= 0.3 is 0 Å². The van der Waals surface area contributed by atoms with Crippen LogP contribution in [0, 0.1) is 6.92 Å². The lowest BCUT2D eigenvalue weighted by Crippen LogP contribution is -2.17. The molecule has 0 aromatic heterocycles. The molecule has 0 unspecified atom stereocenters. The Kier molecular flexibility index (Phi) is 6.13. The SMILES string of the molecule is CCc1cccc(C)c1NC(=O)CCNc1cccc(C(C)=O)c1. The van der Waals surface area contributed by atoms with Crippen LogP contribution in [-0.2, 0) is 11.2 Å². The van der Waals surface area contributed by atoms with Crippen LogP contribution < -0.4 is 10.6 Å². The number of hydrogen-bond acceptors (Lipinski definition) is 3. The van der Waals surface area contributed by atoms with Crippen molar-refractivity contribution in [3.05, 3.63) is 59.2 Å². The van der Waals surface area contributed by atoms with Gasteiger partial charge in [-0.05, 0) is 43.5 Å². The van der Waals surface area contributed by atoms with Crippen LogP contribution in [0.15, 0.2) is 42.5 Å². The number of anilines is 2. The van der Waals surface area contributed by atoms with Crippen molar-refractivity contribution < 1.29 is 9.59 Å². The van der Waals surface area contributed by atoms with E-state index >= 15 is 0 Å². The average Bonchev–Trinajstić information content (AvgIpc) is 2.57. The lowest BCUT2D eigenvalue weighted by molar-refractivity contribution is -0.116. The molecule has 0 saturated heterocycles. The number of para-hydroxylation sites is 1. The van der Waals surface area contributed by atoms with Crippen LogP contribution in [0.25, 0.3) is 0 Å². The summed E-state index contributed by atoms with van der Waals surface area (Å²) in [5.41, 5.74) is 4.65. The highest BCUT2D eigenvalue weighted by atomic mass is 16.1. The van der Waals surface area contributed by atoms with E-state index in [0.717, 1.165) is 28.9 Å². The normalized spacial score (nSPS) is 10.3. The maximum Gasteiger partial charge on any atom is 0.226 e. The van der Waals surface area contributed by atoms with Crippen molar-refractivity contribution in [3.63, 3.8) is 0 Å². The second kappa shape index (κ2) is 8.29. The Morgan fingerprint density at radius 1 is 1.08 bits per heavy atom. The van der Waals surface area contributed by atoms with E-state index < -0.39 is 0 Å². The molecule has 2 N–H and O–H groups in total. The van der Waals surface area contributed by atoms with Crippen molar-refractivity contribution in [2.45, 2.75) is 33.6 Å². The molecular weight excluding hydrogens is 300 g/mol. The summed E-state index contributed by atoms with van der Waals surface area (Å²) in [6.45, 7) is 6.13. The lowest BCUT2D eigenvalue weighted by Gasteiger charge is -2.13. The van der Waals surface area contributed by atoms with Gasteiger partial charge < -0.3 is 10.6 Å². The number of amides is 1. The number of hydrogen-bond donors (Lipinski definition) is 2. The number of rotatable bonds is 7. The molecule has 0 aliphatic carbocycles. The van der Waals surface area contributed by atoms with E-state index in [1.54, 1.807) is 19.1 Å². The Morgan fingerprint density at radius 2 is 1.83 bits per heavy atom. The summed E-state index contributed by atoms with van der Waals surface area (Å²) in [6, 6.07) is 13.4. The van der Waals surface area contributed by atoms with Crippen LogP contribution in [0.4, 0.5) is 11.4 Å². The summed E-state index contributed by atoms with van der Waals surface area (Å²) in [5.74, 6) is 0.0114. The summed E-state index contributed by atoms with van der Waals surface area (Å²) in [4.78, 5) is 23.6. The predicted molar refractivity (Wildman–Crippen MR) is 98.7 cm³/mol. The molecule has 24 heavy (non-hydrogen) atoms. The molecule has 0 radical (unpaired) electrons. The topological polar surface area (TPSA) is 58.2 Å². The standard InChI is InChI=1S/C20H24N2O2/c1-4-16-8-5-7-14(2)20(16)22-19(24)11-12-21-18-10-6-9-17(13-18)15(3)23/h5-10,13,21H,4,11-12H2,1-3H3,(H,22,24). The molecule has 0 atom stereocenters. The first-order valence-corrected chi connectivity index (χ1v) is 8.24. The summed E-state index contributed by atoms with van der Waals surface area (Å²) in [7, 11) is 0. The van der Waals surface area contributed by atoms with Crippen molar-refractivity contribution in [2.24, 2.45) is 0 Å². The zero-order valence-corrected chi connectivity index (χ0v) is 14.5. The van der Waals surface area contributed by atoms with Crippen LogP contribution in [0.3, 0.4) is 0 Å². The predicted octanol–water partition coefficient (Wildman–Crippen LogP) is 4.20. The molecular formula is C20H24N2O2. The van der Waals surface area contributed by atoms with Gasteiger partial charge in [-0.3, -0.25) is 9.59 Å². The Hall–Kier alpha value is -2.62. The van der Waals surface area contributed by atoms with Crippen LogP contribution in [-0.4, -0.2) is 18.2 Å². The molecule has 2 rings (SSSR count). The van der Waals surface area contributed by atoms with Crippen molar-refractivity contribution >= 4 is 23.1 Å². The molecule has 0 fully saturated rings. The van der Waals surface area contributed by atoms with Gasteiger partial charge in [0.05, 0.1) is 0 Å². The summed E-state index contributed by atoms with van der Waals surface area (Å²) < 4.78 is 0. The maximum absolute atomic E-state index is 12.2. The van der Waals surface area contributed by atoms with Crippen LogP contribution in [0.2, 0.25) is 0 Å². The Morgan fingerprint density at radius 3 is 2.54 bits per heavy atom. The van der Waals surface area contributed by atoms with Gasteiger partial charge in [0, 0.05) is 29.9 Å². The minimum Gasteiger partial charge on any atom is -0.385 e. The molecule has 1 amide bonds. The van der Waals surface area contributed by atoms with Gasteiger partial charge in [-0.15, -0.1) is 0 Å². The third-order valence-electron chi connectivity index (χ3n) is 3.95. The molecule has 2 aromatic rings. The third-order valence-corrected chi connectivity index (χ3v) is 3.95. The quantitative estimate of drug-likeness (QED) is 0.750. The van der Waals surface area contributed by atoms with Crippen LogP contribution in [0.5, 0.6) is 0 Å². The number of nitrogens with one attached hydrogen (secondary N) is 2. The second-order valence-corrected chi connectivity index (χ2v) is 5.82. The monoisotopic (exact) mass is 324 g/mol. The molecule has 0 saturated carbocycles. The number of Topliss-reactive ketones (excluding diaryl/α,β-unsaturated/α-hetero) is 1. The maximum atomic E-state index is 12.2. The molecule has 126 valence electrons. The van der Waals surface area contributed by atoms with Crippen molar-refractivity contribution in [2.75, 3.05) is 17.2 Å². The fourth-order valence-electron chi connectivity index (χ4n) is 2.57. The second-order valence-electron chi connectivity index (χ2n) is 5.82. The number of benzene rings is 2. The minimum absolute atomic E-state index is 0.0192. The molecule has 4 heteroatoms. The van der Waals surface area contributed by atoms with Crippen LogP contribution in [0.1, 0.15) is 41.8 Å². The zero-order chi connectivity index (χ0) is 17.5. The Balaban J connectivity index is 1.90. The largest absolute Gasteiger partial charge is 0.385 e. The summed E-state index contributed by atoms with van der Waals surface area (Å²) in [5, 5.41) is 6.20. The fourth-order valence-corrected chi connectivity index (χ4v) is 2.57. The third kappa shape index (κ3) is 4.69. The van der Waals surface area contributed by atoms with Crippen molar-refractivity contribution in [1.29, 1.82) is 0 Å². The molecule has 2 aromatic carbocycles. The van der Waals surface area contributed by atoms with Gasteiger partial charge in [0.25, 0.3) is 0 Å². The van der Waals surface area contributed by atoms with E-state index in [4.69, 9.17) is 0 Å². The first-order chi connectivity index (χ1) is 11.5. The first kappa shape index (κ1) is 17.7. The smallest absolute Gasteiger partial charge is 0.226 e. The van der Waals surface area contributed by atoms with Crippen molar-refractivity contribution in [1.82, 2.24) is 0 Å². The highest BCUT2D eigenvalue weighted by Gasteiger charge is 2.08. The highest BCUT2D eigenvalue weighted by molar-refractivity contribution is 5.95. The first-order valence-electron chi connectivity index (χ1n) is 8.24. The van der Waals surface area contributed by atoms with E-state index in [0.29, 0.717) is 18.5 Å². The Labute approximate surface area is 143 Å². The minimum atomic E-state index is -0.0192. The molecule has 0 spiro atoms. The summed E-state index contributed by atoms with van der Waals surface area (Å²) >= 11 is 0. The Bertz CT molecular complexity index is 738. The number of carbonyl (C=O) groups excluding carboxylic acids is 2. The fraction of sp³-hybridized carbons (Fsp3) is 0.300. The van der Waals surface area contributed by atoms with Gasteiger partial charge in [-0.1, -0.05) is 37.3 Å². The molecule has 0 heterocycles. The number of ketones is 1. The van der Waals surface area contributed by atoms with Crippen molar-refractivity contribution in [3.8, 4) is 0 Å². The van der Waals surface area contributed by atoms with Gasteiger partial charge in [-0.2, -0.15) is 0 Å². The van der Waals surface area contributed by atoms with E-state index in [9.17, 15) is 9.59 Å². The van der Waals surface area contributed by atoms with E-state index in [-0.39, 0.29) is 11.7 Å². The van der Waals surface area contributed by atoms with E-state index in [1.165, 1.54) is 0 Å². The van der Waals surface area contributed by atoms with E-state index in [2.05, 4.69) is 17.6 Å². The number of aryl methyl sites for hydroxylation is 2. The summed E-state index contributed by atoms with van der Waals surface area (Å²) in [6.07, 6.45) is 1.25. The van der Waals surface area contributed by atoms with Gasteiger partial charge in [-0.25, -0.2) is 0 Å². The molecule has 0 aliphatic heterocycles. The van der Waals surface area contributed by atoms with Gasteiger partial charge in [0.15, 0.2) is 5.78 Å². The van der Waals surface area contributed by atoms with E-state index in [1.807, 2.05) is 37.3 Å². The lowest BCUT2D eigenvalue weighted by atomic mass is 10.1. The van der Waals surface area contributed by atoms with Gasteiger partial charge in [0.2, 0.25) is 5.91 Å².